The van der Waals surface area contributed by atoms with E-state index in [2.05, 4.69) is 0 Å². The molecule has 12 atom stereocenters. The molecule has 0 heterocycles. The summed E-state index contributed by atoms with van der Waals surface area (Å²) in [7, 11) is 5.82. The second-order valence-electron chi connectivity index (χ2n) is 13.5. The number of methoxy groups -OCH3 is 4. The van der Waals surface area contributed by atoms with E-state index in [0.29, 0.717) is 22.3 Å². The number of halogens is 8. The molecule has 46 heavy (non-hydrogen) atoms. The fourth-order valence-electron chi connectivity index (χ4n) is 11.6. The molecule has 10 aliphatic carbocycles. The Bertz CT molecular complexity index is 1570. The number of hydrogen-bond acceptors (Lipinski definition) is 6. The summed E-state index contributed by atoms with van der Waals surface area (Å²) in [4.78, 5) is -6.01. The molecule has 2 N–H and O–H groups in total. The number of benzene rings is 1. The molecule has 10 aliphatic rings. The fraction of sp³-hybridized carbons (Fsp3) is 0.562. The van der Waals surface area contributed by atoms with Crippen LogP contribution < -0.4 is 0 Å². The highest BCUT2D eigenvalue weighted by molar-refractivity contribution is 6.53. The number of alkyl halides is 4. The van der Waals surface area contributed by atoms with Gasteiger partial charge in [-0.05, 0) is 0 Å². The molecule has 0 unspecified atom stereocenters. The van der Waals surface area contributed by atoms with Crippen molar-refractivity contribution in [2.24, 2.45) is 23.7 Å². The van der Waals surface area contributed by atoms with E-state index >= 15 is 0 Å². The van der Waals surface area contributed by atoms with Crippen molar-refractivity contribution >= 4 is 92.8 Å². The smallest absolute Gasteiger partial charge is 0.217 e. The summed E-state index contributed by atoms with van der Waals surface area (Å²) in [5, 5.41) is 25.4. The van der Waals surface area contributed by atoms with Crippen LogP contribution in [0.15, 0.2) is 44.4 Å². The van der Waals surface area contributed by atoms with E-state index in [9.17, 15) is 10.2 Å². The number of hydrogen-bond donors (Lipinski definition) is 2. The summed E-state index contributed by atoms with van der Waals surface area (Å²) in [6.45, 7) is 0. The van der Waals surface area contributed by atoms with E-state index in [1.165, 1.54) is 28.4 Å². The molecule has 0 saturated heterocycles. The molecule has 2 fully saturated rings. The normalized spacial score (nSPS) is 48.4. The quantitative estimate of drug-likeness (QED) is 0.138. The number of ether oxygens (including phenoxy) is 4. The Morgan fingerprint density at radius 3 is 0.826 bits per heavy atom. The molecule has 1 aromatic carbocycles. The van der Waals surface area contributed by atoms with Gasteiger partial charge in [0.2, 0.25) is 11.6 Å². The first-order valence-electron chi connectivity index (χ1n) is 14.7. The molecule has 246 valence electrons. The molecule has 11 rings (SSSR count). The minimum absolute atomic E-state index is 0.0231. The molecule has 14 heteroatoms. The van der Waals surface area contributed by atoms with Crippen LogP contribution in [0.3, 0.4) is 0 Å². The molecule has 0 aromatic heterocycles. The molecule has 1 aromatic rings. The highest BCUT2D eigenvalue weighted by Gasteiger charge is 2.89. The molecule has 0 amide bonds. The lowest BCUT2D eigenvalue weighted by Crippen LogP contribution is -2.57. The van der Waals surface area contributed by atoms with Crippen LogP contribution in [0.25, 0.3) is 0 Å². The predicted molar refractivity (Wildman–Crippen MR) is 178 cm³/mol. The Morgan fingerprint density at radius 2 is 0.652 bits per heavy atom. The summed E-state index contributed by atoms with van der Waals surface area (Å²) in [5.41, 5.74) is 2.14. The monoisotopic (exact) mass is 786 g/mol. The van der Waals surface area contributed by atoms with Crippen molar-refractivity contribution in [3.8, 4) is 11.5 Å². The number of fused-ring (bicyclic) bond motifs is 4. The lowest BCUT2D eigenvalue weighted by molar-refractivity contribution is -0.220. The minimum Gasteiger partial charge on any atom is -0.507 e. The van der Waals surface area contributed by atoms with Gasteiger partial charge in [0.25, 0.3) is 0 Å². The van der Waals surface area contributed by atoms with Gasteiger partial charge >= 0.3 is 0 Å². The maximum atomic E-state index is 12.5. The van der Waals surface area contributed by atoms with Gasteiger partial charge in [-0.1, -0.05) is 70.7 Å². The predicted octanol–water partition coefficient (Wildman–Crippen LogP) is 8.39. The summed E-state index contributed by atoms with van der Waals surface area (Å²) in [5.74, 6) is -7.47. The Labute approximate surface area is 305 Å². The van der Waals surface area contributed by atoms with Gasteiger partial charge in [-0.3, -0.25) is 0 Å². The Morgan fingerprint density at radius 1 is 0.457 bits per heavy atom. The third-order valence-electron chi connectivity index (χ3n) is 12.9. The molecule has 6 nitrogen and oxygen atoms in total. The first-order chi connectivity index (χ1) is 21.6. The van der Waals surface area contributed by atoms with Crippen LogP contribution in [0.4, 0.5) is 0 Å². The van der Waals surface area contributed by atoms with Crippen molar-refractivity contribution in [3.05, 3.63) is 66.7 Å². The lowest BCUT2D eigenvalue weighted by atomic mass is 9.52. The van der Waals surface area contributed by atoms with Crippen molar-refractivity contribution in [2.45, 2.75) is 54.7 Å². The standard InChI is InChI=1S/C32H26Cl8O6/c1-43-31(44-2)27(37)17-9-5-6-10(18(17)28(31,38)24(34)23(27)33)14-13(9)21(41)15-11-7-8-12(16(15)22(14)42)20-19(11)29(39)25(35)26(36)30(20,40)32(29,45-3)46-4/h5-12,17-20,41-42H,1-4H3/t9-,10+,11+,12-,17-,18-,19+,20-,27-,28+,29+,30-/m1/s1. The van der Waals surface area contributed by atoms with Crippen molar-refractivity contribution in [1.29, 1.82) is 0 Å². The zero-order valence-corrected chi connectivity index (χ0v) is 30.5. The average Bonchev–Trinajstić information content (AvgIpc) is 3.49. The summed E-state index contributed by atoms with van der Waals surface area (Å²) in [6, 6.07) is 0. The second kappa shape index (κ2) is 9.05. The van der Waals surface area contributed by atoms with Crippen molar-refractivity contribution in [1.82, 2.24) is 0 Å². The van der Waals surface area contributed by atoms with Gasteiger partial charge < -0.3 is 29.2 Å². The minimum atomic E-state index is -1.64. The number of aromatic hydroxyl groups is 2. The maximum absolute atomic E-state index is 12.5. The van der Waals surface area contributed by atoms with Gasteiger partial charge in [-0.25, -0.2) is 0 Å². The van der Waals surface area contributed by atoms with Crippen LogP contribution in [0, 0.1) is 23.7 Å². The molecule has 2 saturated carbocycles. The number of phenols is 2. The molecule has 0 aliphatic heterocycles. The Hall–Kier alpha value is -0.0600. The third-order valence-corrected chi connectivity index (χ3v) is 18.2. The van der Waals surface area contributed by atoms with E-state index < -0.39 is 78.4 Å². The van der Waals surface area contributed by atoms with Crippen molar-refractivity contribution in [3.63, 3.8) is 0 Å². The first-order valence-corrected chi connectivity index (χ1v) is 17.7. The van der Waals surface area contributed by atoms with Crippen LogP contribution in [0.1, 0.15) is 45.9 Å². The topological polar surface area (TPSA) is 77.4 Å². The third kappa shape index (κ3) is 2.56. The van der Waals surface area contributed by atoms with E-state index in [1.54, 1.807) is 0 Å². The van der Waals surface area contributed by atoms with Gasteiger partial charge in [0.1, 0.15) is 31.0 Å². The summed E-state index contributed by atoms with van der Waals surface area (Å²) < 4.78 is 24.1. The molecule has 0 spiro atoms. The van der Waals surface area contributed by atoms with Crippen LogP contribution in [0.2, 0.25) is 0 Å². The average molecular weight is 790 g/mol. The number of phenolic OH excluding ortho intramolecular Hbond substituents is 2. The highest BCUT2D eigenvalue weighted by atomic mass is 35.5. The number of rotatable bonds is 4. The van der Waals surface area contributed by atoms with E-state index in [0.717, 1.165) is 0 Å². The van der Waals surface area contributed by atoms with Gasteiger partial charge in [-0.2, -0.15) is 0 Å². The Kier molecular flexibility index (Phi) is 6.27. The molecule has 8 bridgehead atoms. The summed E-state index contributed by atoms with van der Waals surface area (Å²) >= 11 is 57.8. The Balaban J connectivity index is 1.30. The SMILES string of the molecule is COC1(OC)[C@@]2(Cl)C(Cl)=C(Cl)[C@]1(Cl)[C@H]1[C@@H]2[C@H]2C=C[C@@H]1c1c(O)c3c(c(O)c12)[C@H]1C=C[C@@H]3[C@@H]2[C@@H]1[C@@]1(Cl)C(Cl)=C(Cl)[C@]2(Cl)C1(OC)OC. The highest BCUT2D eigenvalue weighted by Crippen LogP contribution is 2.84. The van der Waals surface area contributed by atoms with E-state index in [-0.39, 0.29) is 31.6 Å². The zero-order valence-electron chi connectivity index (χ0n) is 24.5. The van der Waals surface area contributed by atoms with Gasteiger partial charge in [0, 0.05) is 98.0 Å². The van der Waals surface area contributed by atoms with Gasteiger partial charge in [0.05, 0.1) is 20.1 Å². The molecule has 0 radical (unpaired) electrons. The van der Waals surface area contributed by atoms with Crippen LogP contribution in [0.5, 0.6) is 11.5 Å². The fourth-order valence-corrected chi connectivity index (χ4v) is 16.2. The van der Waals surface area contributed by atoms with Crippen LogP contribution in [-0.4, -0.2) is 69.7 Å². The maximum Gasteiger partial charge on any atom is 0.217 e. The summed E-state index contributed by atoms with van der Waals surface area (Å²) in [6.07, 6.45) is 7.92. The van der Waals surface area contributed by atoms with Gasteiger partial charge in [0.15, 0.2) is 0 Å². The second-order valence-corrected chi connectivity index (χ2v) is 17.4. The number of allylic oxidation sites excluding steroid dienone is 4. The molecular weight excluding hydrogens is 764 g/mol. The largest absolute Gasteiger partial charge is 0.507 e. The van der Waals surface area contributed by atoms with Crippen molar-refractivity contribution in [2.75, 3.05) is 28.4 Å². The van der Waals surface area contributed by atoms with Crippen LogP contribution >= 0.6 is 92.8 Å². The van der Waals surface area contributed by atoms with E-state index in [1.807, 2.05) is 24.3 Å². The van der Waals surface area contributed by atoms with Crippen molar-refractivity contribution < 1.29 is 29.2 Å². The zero-order chi connectivity index (χ0) is 33.0. The first kappa shape index (κ1) is 31.9. The van der Waals surface area contributed by atoms with Gasteiger partial charge in [-0.15, -0.1) is 46.4 Å². The van der Waals surface area contributed by atoms with Crippen LogP contribution in [-0.2, 0) is 18.9 Å². The lowest BCUT2D eigenvalue weighted by Gasteiger charge is -2.54. The molecular formula is C32H26Cl8O6. The van der Waals surface area contributed by atoms with E-state index in [4.69, 9.17) is 112 Å².